The summed E-state index contributed by atoms with van der Waals surface area (Å²) >= 11 is 0. The van der Waals surface area contributed by atoms with Crippen LogP contribution in [-0.4, -0.2) is 60.5 Å². The summed E-state index contributed by atoms with van der Waals surface area (Å²) in [4.78, 5) is 20.9. The molecule has 0 radical (unpaired) electrons. The molecular formula is C22H24N4O5. The number of aromatic hydroxyl groups is 2. The number of hydrogen-bond acceptors (Lipinski definition) is 6. The highest BCUT2D eigenvalue weighted by Crippen LogP contribution is 2.25. The predicted octanol–water partition coefficient (Wildman–Crippen LogP) is 3.17. The van der Waals surface area contributed by atoms with Crippen molar-refractivity contribution >= 4 is 6.09 Å². The molecule has 1 amide bonds. The Morgan fingerprint density at radius 2 is 1.58 bits per heavy atom. The molecule has 31 heavy (non-hydrogen) atoms. The number of carboxylic acid groups (broad SMARTS) is 1. The summed E-state index contributed by atoms with van der Waals surface area (Å²) in [6.07, 6.45) is 4.08. The molecule has 0 saturated carbocycles. The standard InChI is InChI=1S/C22H24N4O5/c27-19-5-6-20(28)26(19)13-15-1-3-17(4-2-15)18-11-23-21(24-12-18)31-14-16-7-9-25(10-8-16)22(29)30/h1-6,11-12,16,27-28H,7-10,13-14H2,(H,29,30). The summed E-state index contributed by atoms with van der Waals surface area (Å²) < 4.78 is 7.11. The van der Waals surface area contributed by atoms with E-state index in [0.717, 1.165) is 29.5 Å². The molecular weight excluding hydrogens is 400 g/mol. The van der Waals surface area contributed by atoms with Gasteiger partial charge in [-0.25, -0.2) is 14.8 Å². The van der Waals surface area contributed by atoms with Gasteiger partial charge in [-0.3, -0.25) is 4.57 Å². The summed E-state index contributed by atoms with van der Waals surface area (Å²) in [7, 11) is 0. The molecule has 3 N–H and O–H groups in total. The molecule has 1 aromatic carbocycles. The van der Waals surface area contributed by atoms with Gasteiger partial charge in [0, 0.05) is 43.2 Å². The van der Waals surface area contributed by atoms with E-state index >= 15 is 0 Å². The molecule has 1 saturated heterocycles. The summed E-state index contributed by atoms with van der Waals surface area (Å²) in [5.41, 5.74) is 2.72. The van der Waals surface area contributed by atoms with E-state index in [9.17, 15) is 15.0 Å². The predicted molar refractivity (Wildman–Crippen MR) is 112 cm³/mol. The lowest BCUT2D eigenvalue weighted by Crippen LogP contribution is -2.38. The van der Waals surface area contributed by atoms with Crippen molar-refractivity contribution in [3.05, 3.63) is 54.4 Å². The minimum absolute atomic E-state index is 0.0120. The minimum Gasteiger partial charge on any atom is -0.494 e. The topological polar surface area (TPSA) is 121 Å². The number of piperidine rings is 1. The van der Waals surface area contributed by atoms with Crippen LogP contribution in [0, 0.1) is 5.92 Å². The van der Waals surface area contributed by atoms with Crippen molar-refractivity contribution in [2.24, 2.45) is 5.92 Å². The maximum Gasteiger partial charge on any atom is 0.407 e. The van der Waals surface area contributed by atoms with Gasteiger partial charge in [-0.1, -0.05) is 24.3 Å². The lowest BCUT2D eigenvalue weighted by Gasteiger charge is -2.29. The van der Waals surface area contributed by atoms with E-state index in [4.69, 9.17) is 9.84 Å². The molecule has 9 heteroatoms. The van der Waals surface area contributed by atoms with Crippen molar-refractivity contribution in [1.82, 2.24) is 19.4 Å². The Labute approximate surface area is 179 Å². The van der Waals surface area contributed by atoms with Gasteiger partial charge in [-0.2, -0.15) is 0 Å². The highest BCUT2D eigenvalue weighted by Gasteiger charge is 2.22. The second-order valence-electron chi connectivity index (χ2n) is 7.61. The van der Waals surface area contributed by atoms with Crippen molar-refractivity contribution < 1.29 is 24.9 Å². The van der Waals surface area contributed by atoms with E-state index in [0.29, 0.717) is 38.2 Å². The summed E-state index contributed by atoms with van der Waals surface area (Å²) in [6.45, 7) is 1.89. The molecule has 1 fully saturated rings. The number of likely N-dealkylation sites (tertiary alicyclic amines) is 1. The normalized spacial score (nSPS) is 14.5. The third-order valence-electron chi connectivity index (χ3n) is 5.52. The van der Waals surface area contributed by atoms with Gasteiger partial charge in [0.1, 0.15) is 0 Å². The Morgan fingerprint density at radius 3 is 2.16 bits per heavy atom. The monoisotopic (exact) mass is 424 g/mol. The highest BCUT2D eigenvalue weighted by molar-refractivity contribution is 5.65. The number of nitrogens with zero attached hydrogens (tertiary/aromatic N) is 4. The molecule has 3 aromatic rings. The lowest BCUT2D eigenvalue weighted by molar-refractivity contribution is 0.110. The van der Waals surface area contributed by atoms with E-state index in [2.05, 4.69) is 9.97 Å². The summed E-state index contributed by atoms with van der Waals surface area (Å²) in [6, 6.07) is 10.9. The van der Waals surface area contributed by atoms with Gasteiger partial charge in [0.15, 0.2) is 11.8 Å². The van der Waals surface area contributed by atoms with Crippen LogP contribution >= 0.6 is 0 Å². The quantitative estimate of drug-likeness (QED) is 0.556. The average Bonchev–Trinajstić information content (AvgIpc) is 3.11. The fraction of sp³-hybridized carbons (Fsp3) is 0.318. The second kappa shape index (κ2) is 8.95. The van der Waals surface area contributed by atoms with Crippen LogP contribution in [0.1, 0.15) is 18.4 Å². The molecule has 2 aromatic heterocycles. The molecule has 162 valence electrons. The van der Waals surface area contributed by atoms with Crippen LogP contribution in [-0.2, 0) is 6.54 Å². The Kier molecular flexibility index (Phi) is 5.92. The van der Waals surface area contributed by atoms with Crippen molar-refractivity contribution in [2.75, 3.05) is 19.7 Å². The van der Waals surface area contributed by atoms with Crippen LogP contribution in [0.15, 0.2) is 48.8 Å². The molecule has 0 unspecified atom stereocenters. The van der Waals surface area contributed by atoms with Crippen LogP contribution in [0.4, 0.5) is 4.79 Å². The fourth-order valence-electron chi connectivity index (χ4n) is 3.62. The smallest absolute Gasteiger partial charge is 0.407 e. The van der Waals surface area contributed by atoms with Crippen LogP contribution in [0.5, 0.6) is 17.8 Å². The van der Waals surface area contributed by atoms with Crippen molar-refractivity contribution in [3.63, 3.8) is 0 Å². The van der Waals surface area contributed by atoms with Crippen molar-refractivity contribution in [1.29, 1.82) is 0 Å². The van der Waals surface area contributed by atoms with Gasteiger partial charge in [0.25, 0.3) is 0 Å². The van der Waals surface area contributed by atoms with Crippen LogP contribution < -0.4 is 4.74 Å². The zero-order chi connectivity index (χ0) is 21.8. The molecule has 4 rings (SSSR count). The Balaban J connectivity index is 1.31. The van der Waals surface area contributed by atoms with Gasteiger partial charge in [-0.15, -0.1) is 0 Å². The van der Waals surface area contributed by atoms with Gasteiger partial charge in [-0.05, 0) is 29.9 Å². The lowest BCUT2D eigenvalue weighted by atomic mass is 9.98. The van der Waals surface area contributed by atoms with Crippen LogP contribution in [0.2, 0.25) is 0 Å². The van der Waals surface area contributed by atoms with Gasteiger partial charge in [0.05, 0.1) is 13.2 Å². The number of hydrogen-bond donors (Lipinski definition) is 3. The van der Waals surface area contributed by atoms with E-state index in [1.54, 1.807) is 12.4 Å². The fourth-order valence-corrected chi connectivity index (χ4v) is 3.62. The van der Waals surface area contributed by atoms with Crippen LogP contribution in [0.25, 0.3) is 11.1 Å². The van der Waals surface area contributed by atoms with E-state index in [1.165, 1.54) is 21.6 Å². The number of aromatic nitrogens is 3. The van der Waals surface area contributed by atoms with Gasteiger partial charge >= 0.3 is 12.1 Å². The summed E-state index contributed by atoms with van der Waals surface area (Å²) in [5, 5.41) is 28.5. The molecule has 1 aliphatic heterocycles. The third kappa shape index (κ3) is 4.88. The zero-order valence-corrected chi connectivity index (χ0v) is 16.9. The van der Waals surface area contributed by atoms with Crippen molar-refractivity contribution in [2.45, 2.75) is 19.4 Å². The summed E-state index contributed by atoms with van der Waals surface area (Å²) in [5.74, 6) is 0.321. The SMILES string of the molecule is O=C(O)N1CCC(COc2ncc(-c3ccc(Cn4c(O)ccc4O)cc3)cn2)CC1. The highest BCUT2D eigenvalue weighted by atomic mass is 16.5. The first-order valence-electron chi connectivity index (χ1n) is 10.1. The molecule has 3 heterocycles. The number of amides is 1. The molecule has 0 aliphatic carbocycles. The van der Waals surface area contributed by atoms with E-state index < -0.39 is 6.09 Å². The van der Waals surface area contributed by atoms with E-state index in [-0.39, 0.29) is 11.8 Å². The van der Waals surface area contributed by atoms with Crippen LogP contribution in [0.3, 0.4) is 0 Å². The minimum atomic E-state index is -0.868. The Hall–Kier alpha value is -3.75. The second-order valence-corrected chi connectivity index (χ2v) is 7.61. The van der Waals surface area contributed by atoms with E-state index in [1.807, 2.05) is 24.3 Å². The molecule has 0 atom stereocenters. The first kappa shape index (κ1) is 20.5. The average molecular weight is 424 g/mol. The largest absolute Gasteiger partial charge is 0.494 e. The Bertz CT molecular complexity index is 1010. The number of rotatable bonds is 6. The first-order chi connectivity index (χ1) is 15.0. The number of ether oxygens (including phenoxy) is 1. The molecule has 9 nitrogen and oxygen atoms in total. The van der Waals surface area contributed by atoms with Gasteiger partial charge in [0.2, 0.25) is 0 Å². The molecule has 1 aliphatic rings. The van der Waals surface area contributed by atoms with Crippen molar-refractivity contribution in [3.8, 4) is 28.9 Å². The zero-order valence-electron chi connectivity index (χ0n) is 16.9. The maximum atomic E-state index is 11.0. The van der Waals surface area contributed by atoms with Gasteiger partial charge < -0.3 is 25.0 Å². The molecule has 0 bridgehead atoms. The number of benzene rings is 1. The molecule has 0 spiro atoms. The third-order valence-corrected chi connectivity index (χ3v) is 5.52. The maximum absolute atomic E-state index is 11.0. The first-order valence-corrected chi connectivity index (χ1v) is 10.1. The Morgan fingerprint density at radius 1 is 0.968 bits per heavy atom. The number of carbonyl (C=O) groups is 1.